The highest BCUT2D eigenvalue weighted by Gasteiger charge is 2.23. The third-order valence-electron chi connectivity index (χ3n) is 4.46. The Labute approximate surface area is 124 Å². The molecule has 0 saturated carbocycles. The molecule has 1 aliphatic rings. The number of hydrogen-bond donors (Lipinski definition) is 1. The van der Waals surface area contributed by atoms with Gasteiger partial charge in [0.1, 0.15) is 0 Å². The molecule has 0 aliphatic carbocycles. The van der Waals surface area contributed by atoms with Gasteiger partial charge in [-0.3, -0.25) is 0 Å². The second-order valence-electron chi connectivity index (χ2n) is 6.92. The van der Waals surface area contributed by atoms with Gasteiger partial charge in [0.05, 0.1) is 0 Å². The van der Waals surface area contributed by atoms with Gasteiger partial charge < -0.3 is 10.6 Å². The summed E-state index contributed by atoms with van der Waals surface area (Å²) in [6.07, 6.45) is 5.21. The van der Waals surface area contributed by atoms with Gasteiger partial charge in [0.15, 0.2) is 0 Å². The van der Waals surface area contributed by atoms with Crippen LogP contribution in [-0.2, 0) is 0 Å². The topological polar surface area (TPSA) is 29.3 Å². The van der Waals surface area contributed by atoms with Gasteiger partial charge in [0.2, 0.25) is 0 Å². The molecule has 114 valence electrons. The van der Waals surface area contributed by atoms with Crippen LogP contribution in [0.2, 0.25) is 0 Å². The van der Waals surface area contributed by atoms with Crippen LogP contribution < -0.4 is 5.73 Å². The Bertz CT molecular complexity index is 241. The van der Waals surface area contributed by atoms with Gasteiger partial charge in [-0.15, -0.1) is 0 Å². The normalized spacial score (nSPS) is 22.4. The molecular weight excluding hydrogens is 252 g/mol. The number of rotatable bonds is 7. The van der Waals surface area contributed by atoms with E-state index in [4.69, 9.17) is 5.73 Å². The smallest absolute Gasteiger partial charge is 0.0116 e. The molecule has 0 aromatic heterocycles. The zero-order valence-electron chi connectivity index (χ0n) is 13.5. The first-order chi connectivity index (χ1) is 8.94. The van der Waals surface area contributed by atoms with Crippen LogP contribution in [0.15, 0.2) is 0 Å². The number of nitrogens with zero attached hydrogens (tertiary/aromatic N) is 1. The van der Waals surface area contributed by atoms with Gasteiger partial charge in [-0.2, -0.15) is 11.8 Å². The van der Waals surface area contributed by atoms with Crippen LogP contribution in [0.1, 0.15) is 53.4 Å². The Morgan fingerprint density at radius 1 is 1.21 bits per heavy atom. The van der Waals surface area contributed by atoms with Crippen LogP contribution in [-0.4, -0.2) is 41.6 Å². The quantitative estimate of drug-likeness (QED) is 0.775. The Morgan fingerprint density at radius 3 is 2.58 bits per heavy atom. The standard InChI is InChI=1S/C16H34N2S/c1-14(2)15(7-9-17)6-5-10-18-11-8-16(3,4)19-13-12-18/h14-15H,5-13,17H2,1-4H3. The van der Waals surface area contributed by atoms with Crippen molar-refractivity contribution in [3.05, 3.63) is 0 Å². The van der Waals surface area contributed by atoms with E-state index in [1.165, 1.54) is 51.1 Å². The fourth-order valence-corrected chi connectivity index (χ4v) is 4.03. The molecule has 0 bridgehead atoms. The Kier molecular flexibility index (Phi) is 7.78. The number of thioether (sulfide) groups is 1. The summed E-state index contributed by atoms with van der Waals surface area (Å²) in [5.41, 5.74) is 5.72. The average molecular weight is 287 g/mol. The van der Waals surface area contributed by atoms with Crippen LogP contribution in [0.25, 0.3) is 0 Å². The van der Waals surface area contributed by atoms with E-state index >= 15 is 0 Å². The Hall–Kier alpha value is 0.270. The largest absolute Gasteiger partial charge is 0.330 e. The zero-order chi connectivity index (χ0) is 14.3. The number of hydrogen-bond acceptors (Lipinski definition) is 3. The van der Waals surface area contributed by atoms with Gasteiger partial charge in [0, 0.05) is 17.0 Å². The summed E-state index contributed by atoms with van der Waals surface area (Å²) in [6.45, 7) is 14.1. The highest BCUT2D eigenvalue weighted by Crippen LogP contribution is 2.30. The van der Waals surface area contributed by atoms with Crippen LogP contribution in [0.5, 0.6) is 0 Å². The van der Waals surface area contributed by atoms with Gasteiger partial charge in [0.25, 0.3) is 0 Å². The summed E-state index contributed by atoms with van der Waals surface area (Å²) >= 11 is 2.14. The third-order valence-corrected chi connectivity index (χ3v) is 5.83. The maximum absolute atomic E-state index is 5.72. The van der Waals surface area contributed by atoms with Crippen molar-refractivity contribution in [2.45, 2.75) is 58.1 Å². The van der Waals surface area contributed by atoms with E-state index in [0.29, 0.717) is 4.75 Å². The monoisotopic (exact) mass is 286 g/mol. The van der Waals surface area contributed by atoms with E-state index in [0.717, 1.165) is 18.4 Å². The molecule has 2 N–H and O–H groups in total. The maximum Gasteiger partial charge on any atom is 0.0116 e. The predicted molar refractivity (Wildman–Crippen MR) is 88.8 cm³/mol. The van der Waals surface area contributed by atoms with Crippen LogP contribution in [0.3, 0.4) is 0 Å². The van der Waals surface area contributed by atoms with Gasteiger partial charge >= 0.3 is 0 Å². The van der Waals surface area contributed by atoms with Crippen molar-refractivity contribution in [2.24, 2.45) is 17.6 Å². The molecule has 3 heteroatoms. The first-order valence-electron chi connectivity index (χ1n) is 8.01. The first kappa shape index (κ1) is 17.3. The SMILES string of the molecule is CC(C)C(CCN)CCCN1CCSC(C)(C)CC1. The fraction of sp³-hybridized carbons (Fsp3) is 1.00. The molecule has 1 unspecified atom stereocenters. The molecule has 0 aromatic carbocycles. The molecule has 2 nitrogen and oxygen atoms in total. The van der Waals surface area contributed by atoms with Crippen molar-refractivity contribution in [1.29, 1.82) is 0 Å². The van der Waals surface area contributed by atoms with Crippen LogP contribution in [0, 0.1) is 11.8 Å². The van der Waals surface area contributed by atoms with Crippen LogP contribution in [0.4, 0.5) is 0 Å². The zero-order valence-corrected chi connectivity index (χ0v) is 14.3. The summed E-state index contributed by atoms with van der Waals surface area (Å²) in [5.74, 6) is 2.90. The molecule has 0 amide bonds. The third kappa shape index (κ3) is 7.01. The van der Waals surface area contributed by atoms with E-state index in [2.05, 4.69) is 44.4 Å². The first-order valence-corrected chi connectivity index (χ1v) is 8.99. The molecule has 0 radical (unpaired) electrons. The maximum atomic E-state index is 5.72. The minimum Gasteiger partial charge on any atom is -0.330 e. The molecule has 1 atom stereocenters. The van der Waals surface area contributed by atoms with Crippen molar-refractivity contribution in [3.8, 4) is 0 Å². The molecular formula is C16H34N2S. The van der Waals surface area contributed by atoms with E-state index < -0.39 is 0 Å². The summed E-state index contributed by atoms with van der Waals surface area (Å²) < 4.78 is 0.481. The highest BCUT2D eigenvalue weighted by molar-refractivity contribution is 8.00. The van der Waals surface area contributed by atoms with Gasteiger partial charge in [-0.05, 0) is 57.2 Å². The van der Waals surface area contributed by atoms with Gasteiger partial charge in [-0.1, -0.05) is 27.7 Å². The van der Waals surface area contributed by atoms with Crippen LogP contribution >= 0.6 is 11.8 Å². The summed E-state index contributed by atoms with van der Waals surface area (Å²) in [6, 6.07) is 0. The minimum absolute atomic E-state index is 0.481. The van der Waals surface area contributed by atoms with Crippen molar-refractivity contribution in [1.82, 2.24) is 4.90 Å². The lowest BCUT2D eigenvalue weighted by atomic mass is 9.88. The molecule has 1 aliphatic heterocycles. The van der Waals surface area contributed by atoms with E-state index in [1.807, 2.05) is 0 Å². The molecule has 19 heavy (non-hydrogen) atoms. The van der Waals surface area contributed by atoms with E-state index in [1.54, 1.807) is 0 Å². The van der Waals surface area contributed by atoms with Crippen molar-refractivity contribution < 1.29 is 0 Å². The molecule has 0 spiro atoms. The van der Waals surface area contributed by atoms with Crippen molar-refractivity contribution in [2.75, 3.05) is 31.9 Å². The summed E-state index contributed by atoms with van der Waals surface area (Å²) in [7, 11) is 0. The van der Waals surface area contributed by atoms with Crippen molar-refractivity contribution >= 4 is 11.8 Å². The lowest BCUT2D eigenvalue weighted by molar-refractivity contribution is 0.254. The van der Waals surface area contributed by atoms with Gasteiger partial charge in [-0.25, -0.2) is 0 Å². The second-order valence-corrected chi connectivity index (χ2v) is 8.73. The summed E-state index contributed by atoms with van der Waals surface area (Å²) in [4.78, 5) is 2.67. The lowest BCUT2D eigenvalue weighted by Gasteiger charge is -2.24. The molecule has 1 heterocycles. The minimum atomic E-state index is 0.481. The predicted octanol–water partition coefficient (Wildman–Crippen LogP) is 3.61. The van der Waals surface area contributed by atoms with E-state index in [9.17, 15) is 0 Å². The Morgan fingerprint density at radius 2 is 1.95 bits per heavy atom. The second kappa shape index (κ2) is 8.53. The van der Waals surface area contributed by atoms with Crippen molar-refractivity contribution in [3.63, 3.8) is 0 Å². The lowest BCUT2D eigenvalue weighted by Crippen LogP contribution is -2.29. The van der Waals surface area contributed by atoms with E-state index in [-0.39, 0.29) is 0 Å². The summed E-state index contributed by atoms with van der Waals surface area (Å²) in [5, 5.41) is 0. The number of nitrogens with two attached hydrogens (primary N) is 1. The molecule has 1 saturated heterocycles. The molecule has 1 rings (SSSR count). The highest BCUT2D eigenvalue weighted by atomic mass is 32.2. The molecule has 1 fully saturated rings. The molecule has 0 aromatic rings. The Balaban J connectivity index is 2.24. The fourth-order valence-electron chi connectivity index (χ4n) is 2.89. The average Bonchev–Trinajstić information content (AvgIpc) is 2.49.